The highest BCUT2D eigenvalue weighted by Gasteiger charge is 2.17. The first kappa shape index (κ1) is 25.0. The van der Waals surface area contributed by atoms with E-state index in [2.05, 4.69) is 25.8 Å². The Labute approximate surface area is 221 Å². The highest BCUT2D eigenvalue weighted by atomic mass is 16.3. The first-order valence-corrected chi connectivity index (χ1v) is 12.6. The average molecular weight is 508 g/mol. The number of rotatable bonds is 7. The highest BCUT2D eigenvalue weighted by molar-refractivity contribution is 6.04. The summed E-state index contributed by atoms with van der Waals surface area (Å²) in [6.07, 6.45) is 2.91. The number of aromatic nitrogens is 1. The van der Waals surface area contributed by atoms with E-state index < -0.39 is 0 Å². The number of piperidine rings is 1. The molecule has 0 radical (unpaired) electrons. The molecular formula is C30H29N5O3. The number of amides is 2. The molecule has 192 valence electrons. The third kappa shape index (κ3) is 6.35. The Morgan fingerprint density at radius 3 is 1.82 bits per heavy atom. The second-order valence-electron chi connectivity index (χ2n) is 9.17. The van der Waals surface area contributed by atoms with Gasteiger partial charge >= 0.3 is 0 Å². The molecule has 0 atom stereocenters. The van der Waals surface area contributed by atoms with Crippen LogP contribution in [0.4, 0.5) is 28.4 Å². The van der Waals surface area contributed by atoms with Gasteiger partial charge in [-0.2, -0.15) is 0 Å². The van der Waals surface area contributed by atoms with E-state index in [1.54, 1.807) is 24.4 Å². The number of anilines is 5. The summed E-state index contributed by atoms with van der Waals surface area (Å²) in [4.78, 5) is 31.2. The van der Waals surface area contributed by atoms with Crippen molar-refractivity contribution in [1.82, 2.24) is 4.98 Å². The predicted molar refractivity (Wildman–Crippen MR) is 150 cm³/mol. The Morgan fingerprint density at radius 1 is 0.711 bits per heavy atom. The van der Waals surface area contributed by atoms with Gasteiger partial charge in [0.25, 0.3) is 11.8 Å². The van der Waals surface area contributed by atoms with Gasteiger partial charge in [0.15, 0.2) is 0 Å². The lowest BCUT2D eigenvalue weighted by Crippen LogP contribution is -2.35. The zero-order valence-corrected chi connectivity index (χ0v) is 20.8. The Hall–Kier alpha value is -4.69. The topological polar surface area (TPSA) is 107 Å². The fraction of sp³-hybridized carbons (Fsp3) is 0.167. The zero-order chi connectivity index (χ0) is 26.3. The molecule has 1 fully saturated rings. The summed E-state index contributed by atoms with van der Waals surface area (Å²) >= 11 is 0. The molecule has 1 aliphatic heterocycles. The summed E-state index contributed by atoms with van der Waals surface area (Å²) in [5, 5.41) is 18.8. The van der Waals surface area contributed by atoms with Gasteiger partial charge in [0, 0.05) is 53.3 Å². The van der Waals surface area contributed by atoms with Crippen LogP contribution in [0, 0.1) is 0 Å². The molecule has 4 N–H and O–H groups in total. The summed E-state index contributed by atoms with van der Waals surface area (Å²) in [5.74, 6) is -0.433. The standard InChI is InChI=1S/C30H29N5O3/c36-27-16-19-35(20-17-27)26-14-4-21(5-15-26)29(37)33-24-10-6-22(7-11-24)32-23-8-12-25(13-9-23)34-30(38)28-3-1-2-18-31-28/h1-15,18,27,32,36H,16-17,19-20H2,(H,33,37)(H,34,38). The monoisotopic (exact) mass is 507 g/mol. The normalized spacial score (nSPS) is 13.6. The van der Waals surface area contributed by atoms with Crippen molar-refractivity contribution < 1.29 is 14.7 Å². The van der Waals surface area contributed by atoms with Crippen LogP contribution in [0.3, 0.4) is 0 Å². The summed E-state index contributed by atoms with van der Waals surface area (Å²) in [6, 6.07) is 27.6. The molecule has 38 heavy (non-hydrogen) atoms. The maximum atomic E-state index is 12.7. The molecule has 0 unspecified atom stereocenters. The van der Waals surface area contributed by atoms with Crippen LogP contribution in [0.15, 0.2) is 97.2 Å². The van der Waals surface area contributed by atoms with Crippen LogP contribution in [0.25, 0.3) is 0 Å². The Morgan fingerprint density at radius 2 is 1.26 bits per heavy atom. The van der Waals surface area contributed by atoms with Crippen molar-refractivity contribution in [1.29, 1.82) is 0 Å². The van der Waals surface area contributed by atoms with Crippen molar-refractivity contribution in [3.63, 3.8) is 0 Å². The van der Waals surface area contributed by atoms with Gasteiger partial charge in [0.1, 0.15) is 5.69 Å². The van der Waals surface area contributed by atoms with Crippen LogP contribution < -0.4 is 20.9 Å². The molecule has 2 heterocycles. The maximum absolute atomic E-state index is 12.7. The van der Waals surface area contributed by atoms with Gasteiger partial charge in [0.2, 0.25) is 0 Å². The van der Waals surface area contributed by atoms with Crippen LogP contribution in [0.1, 0.15) is 33.7 Å². The molecule has 3 aromatic carbocycles. The SMILES string of the molecule is O=C(Nc1ccc(Nc2ccc(NC(=O)c3ccccn3)cc2)cc1)c1ccc(N2CCC(O)CC2)cc1. The molecule has 2 amide bonds. The number of carbonyl (C=O) groups excluding carboxylic acids is 2. The van der Waals surface area contributed by atoms with Gasteiger partial charge in [-0.25, -0.2) is 0 Å². The van der Waals surface area contributed by atoms with E-state index in [0.29, 0.717) is 22.6 Å². The highest BCUT2D eigenvalue weighted by Crippen LogP contribution is 2.23. The molecular weight excluding hydrogens is 478 g/mol. The van der Waals surface area contributed by atoms with Crippen molar-refractivity contribution in [2.75, 3.05) is 33.9 Å². The van der Waals surface area contributed by atoms with Crippen LogP contribution in [0.5, 0.6) is 0 Å². The van der Waals surface area contributed by atoms with E-state index in [0.717, 1.165) is 43.0 Å². The lowest BCUT2D eigenvalue weighted by molar-refractivity contribution is 0.101. The fourth-order valence-electron chi connectivity index (χ4n) is 4.28. The molecule has 0 bridgehead atoms. The average Bonchev–Trinajstić information content (AvgIpc) is 2.96. The molecule has 0 aliphatic carbocycles. The first-order chi connectivity index (χ1) is 18.5. The van der Waals surface area contributed by atoms with Gasteiger partial charge in [0.05, 0.1) is 6.10 Å². The minimum absolute atomic E-state index is 0.172. The van der Waals surface area contributed by atoms with E-state index in [4.69, 9.17) is 0 Å². The number of aliphatic hydroxyl groups excluding tert-OH is 1. The minimum atomic E-state index is -0.261. The van der Waals surface area contributed by atoms with Crippen molar-refractivity contribution in [3.05, 3.63) is 108 Å². The Kier molecular flexibility index (Phi) is 7.61. The van der Waals surface area contributed by atoms with Gasteiger partial charge in [-0.3, -0.25) is 14.6 Å². The molecule has 5 rings (SSSR count). The van der Waals surface area contributed by atoms with Crippen molar-refractivity contribution in [2.45, 2.75) is 18.9 Å². The smallest absolute Gasteiger partial charge is 0.274 e. The predicted octanol–water partition coefficient (Wildman–Crippen LogP) is 5.29. The van der Waals surface area contributed by atoms with Crippen LogP contribution in [-0.2, 0) is 0 Å². The third-order valence-corrected chi connectivity index (χ3v) is 6.43. The second-order valence-corrected chi connectivity index (χ2v) is 9.17. The fourth-order valence-corrected chi connectivity index (χ4v) is 4.28. The number of nitrogens with one attached hydrogen (secondary N) is 3. The molecule has 1 aliphatic rings. The summed E-state index contributed by atoms with van der Waals surface area (Å²) in [6.45, 7) is 1.64. The summed E-state index contributed by atoms with van der Waals surface area (Å²) < 4.78 is 0. The van der Waals surface area contributed by atoms with Gasteiger partial charge in [-0.1, -0.05) is 6.07 Å². The number of hydrogen-bond donors (Lipinski definition) is 4. The third-order valence-electron chi connectivity index (χ3n) is 6.43. The number of aliphatic hydroxyl groups is 1. The second kappa shape index (κ2) is 11.6. The number of carbonyl (C=O) groups is 2. The van der Waals surface area contributed by atoms with E-state index in [1.807, 2.05) is 72.8 Å². The number of nitrogens with zero attached hydrogens (tertiary/aromatic N) is 2. The number of benzene rings is 3. The molecule has 0 saturated carbocycles. The van der Waals surface area contributed by atoms with Crippen LogP contribution in [-0.4, -0.2) is 41.1 Å². The van der Waals surface area contributed by atoms with E-state index in [1.165, 1.54) is 0 Å². The Bertz CT molecular complexity index is 1370. The summed E-state index contributed by atoms with van der Waals surface area (Å²) in [7, 11) is 0. The van der Waals surface area contributed by atoms with E-state index in [-0.39, 0.29) is 17.9 Å². The first-order valence-electron chi connectivity index (χ1n) is 12.6. The summed E-state index contributed by atoms with van der Waals surface area (Å²) in [5.41, 5.74) is 5.10. The van der Waals surface area contributed by atoms with Gasteiger partial charge < -0.3 is 26.0 Å². The van der Waals surface area contributed by atoms with Crippen LogP contribution in [0.2, 0.25) is 0 Å². The van der Waals surface area contributed by atoms with Crippen molar-refractivity contribution in [3.8, 4) is 0 Å². The molecule has 8 heteroatoms. The Balaban J connectivity index is 1.13. The molecule has 4 aromatic rings. The lowest BCUT2D eigenvalue weighted by Gasteiger charge is -2.31. The molecule has 0 spiro atoms. The van der Waals surface area contributed by atoms with Crippen LogP contribution >= 0.6 is 0 Å². The largest absolute Gasteiger partial charge is 0.393 e. The number of pyridine rings is 1. The molecule has 1 aromatic heterocycles. The van der Waals surface area contributed by atoms with Crippen molar-refractivity contribution >= 4 is 40.3 Å². The quantitative estimate of drug-likeness (QED) is 0.271. The maximum Gasteiger partial charge on any atom is 0.274 e. The van der Waals surface area contributed by atoms with Crippen molar-refractivity contribution in [2.24, 2.45) is 0 Å². The number of hydrogen-bond acceptors (Lipinski definition) is 6. The molecule has 1 saturated heterocycles. The molecule has 8 nitrogen and oxygen atoms in total. The zero-order valence-electron chi connectivity index (χ0n) is 20.8. The van der Waals surface area contributed by atoms with Gasteiger partial charge in [-0.05, 0) is 97.8 Å². The van der Waals surface area contributed by atoms with Gasteiger partial charge in [-0.15, -0.1) is 0 Å². The van der Waals surface area contributed by atoms with E-state index >= 15 is 0 Å². The lowest BCUT2D eigenvalue weighted by atomic mass is 10.1. The van der Waals surface area contributed by atoms with E-state index in [9.17, 15) is 14.7 Å². The minimum Gasteiger partial charge on any atom is -0.393 e.